The number of halogens is 2. The van der Waals surface area contributed by atoms with Crippen molar-refractivity contribution in [2.24, 2.45) is 5.92 Å². The van der Waals surface area contributed by atoms with Crippen LogP contribution in [-0.4, -0.2) is 44.0 Å². The second-order valence-electron chi connectivity index (χ2n) is 5.56. The lowest BCUT2D eigenvalue weighted by molar-refractivity contribution is -0.117. The quantitative estimate of drug-likeness (QED) is 0.873. The summed E-state index contributed by atoms with van der Waals surface area (Å²) >= 11 is 12.0. The summed E-state index contributed by atoms with van der Waals surface area (Å²) in [7, 11) is 1.97. The molecule has 2 N–H and O–H groups in total. The fourth-order valence-electron chi connectivity index (χ4n) is 2.62. The highest BCUT2D eigenvalue weighted by atomic mass is 35.5. The molecule has 6 heteroatoms. The van der Waals surface area contributed by atoms with Gasteiger partial charge in [-0.05, 0) is 51.0 Å². The minimum Gasteiger partial charge on any atom is -0.324 e. The molecule has 1 saturated heterocycles. The molecule has 1 aromatic rings. The van der Waals surface area contributed by atoms with Crippen LogP contribution < -0.4 is 10.6 Å². The van der Waals surface area contributed by atoms with E-state index in [2.05, 4.69) is 10.6 Å². The molecule has 0 radical (unpaired) electrons. The molecule has 1 unspecified atom stereocenters. The smallest absolute Gasteiger partial charge is 0.238 e. The van der Waals surface area contributed by atoms with Crippen LogP contribution in [0.2, 0.25) is 10.0 Å². The third kappa shape index (κ3) is 5.15. The number of hydrogen-bond acceptors (Lipinski definition) is 3. The topological polar surface area (TPSA) is 44.4 Å². The highest BCUT2D eigenvalue weighted by molar-refractivity contribution is 6.43. The predicted molar refractivity (Wildman–Crippen MR) is 88.2 cm³/mol. The van der Waals surface area contributed by atoms with Crippen molar-refractivity contribution < 1.29 is 4.79 Å². The molecular formula is C15H21Cl2N3O. The van der Waals surface area contributed by atoms with Crippen LogP contribution in [0.25, 0.3) is 0 Å². The van der Waals surface area contributed by atoms with E-state index in [0.29, 0.717) is 28.2 Å². The van der Waals surface area contributed by atoms with Gasteiger partial charge in [0.25, 0.3) is 0 Å². The van der Waals surface area contributed by atoms with Gasteiger partial charge in [-0.3, -0.25) is 9.69 Å². The van der Waals surface area contributed by atoms with E-state index in [4.69, 9.17) is 23.2 Å². The second-order valence-corrected chi connectivity index (χ2v) is 6.34. The molecule has 4 nitrogen and oxygen atoms in total. The number of likely N-dealkylation sites (N-methyl/N-ethyl adjacent to an activating group) is 1. The molecule has 1 heterocycles. The highest BCUT2D eigenvalue weighted by Gasteiger charge is 2.17. The molecule has 0 spiro atoms. The predicted octanol–water partition coefficient (Wildman–Crippen LogP) is 2.86. The molecule has 1 aliphatic rings. The van der Waals surface area contributed by atoms with Crippen LogP contribution in [0.1, 0.15) is 12.8 Å². The third-order valence-corrected chi connectivity index (χ3v) is 4.43. The molecule has 1 amide bonds. The Hall–Kier alpha value is -0.810. The van der Waals surface area contributed by atoms with E-state index in [9.17, 15) is 4.79 Å². The maximum atomic E-state index is 12.1. The number of carbonyl (C=O) groups is 1. The first-order valence-corrected chi connectivity index (χ1v) is 7.95. The normalized spacial score (nSPS) is 18.8. The Morgan fingerprint density at radius 3 is 3.00 bits per heavy atom. The Kier molecular flexibility index (Phi) is 6.30. The van der Waals surface area contributed by atoms with Crippen LogP contribution in [-0.2, 0) is 4.79 Å². The lowest BCUT2D eigenvalue weighted by Crippen LogP contribution is -2.39. The Bertz CT molecular complexity index is 490. The number of carbonyl (C=O) groups excluding carboxylic acids is 1. The first-order chi connectivity index (χ1) is 10.1. The minimum atomic E-state index is -0.0783. The molecular weight excluding hydrogens is 309 g/mol. The van der Waals surface area contributed by atoms with Gasteiger partial charge in [-0.25, -0.2) is 0 Å². The average molecular weight is 330 g/mol. The van der Waals surface area contributed by atoms with Crippen molar-refractivity contribution in [3.05, 3.63) is 28.2 Å². The average Bonchev–Trinajstić information content (AvgIpc) is 2.44. The van der Waals surface area contributed by atoms with Crippen LogP contribution in [0.3, 0.4) is 0 Å². The van der Waals surface area contributed by atoms with E-state index in [-0.39, 0.29) is 5.91 Å². The van der Waals surface area contributed by atoms with E-state index in [1.54, 1.807) is 18.2 Å². The van der Waals surface area contributed by atoms with Gasteiger partial charge in [0, 0.05) is 6.54 Å². The van der Waals surface area contributed by atoms with Gasteiger partial charge in [0.2, 0.25) is 5.91 Å². The molecule has 0 saturated carbocycles. The molecule has 1 aliphatic heterocycles. The molecule has 0 bridgehead atoms. The summed E-state index contributed by atoms with van der Waals surface area (Å²) in [6, 6.07) is 5.21. The third-order valence-electron chi connectivity index (χ3n) is 3.61. The van der Waals surface area contributed by atoms with Crippen molar-refractivity contribution in [1.82, 2.24) is 10.2 Å². The van der Waals surface area contributed by atoms with Gasteiger partial charge in [-0.15, -0.1) is 0 Å². The van der Waals surface area contributed by atoms with E-state index in [0.717, 1.165) is 19.6 Å². The summed E-state index contributed by atoms with van der Waals surface area (Å²) in [5.74, 6) is 0.539. The molecule has 1 fully saturated rings. The van der Waals surface area contributed by atoms with Gasteiger partial charge < -0.3 is 10.6 Å². The molecule has 0 aliphatic carbocycles. The van der Waals surface area contributed by atoms with Gasteiger partial charge >= 0.3 is 0 Å². The minimum absolute atomic E-state index is 0.0783. The Morgan fingerprint density at radius 1 is 1.48 bits per heavy atom. The lowest BCUT2D eigenvalue weighted by Gasteiger charge is -2.27. The zero-order valence-electron chi connectivity index (χ0n) is 12.2. The van der Waals surface area contributed by atoms with E-state index in [1.165, 1.54) is 12.8 Å². The Labute approximate surface area is 135 Å². The Balaban J connectivity index is 1.82. The fourth-order valence-corrected chi connectivity index (χ4v) is 2.97. The largest absolute Gasteiger partial charge is 0.324 e. The van der Waals surface area contributed by atoms with Crippen molar-refractivity contribution in [2.45, 2.75) is 12.8 Å². The number of hydrogen-bond donors (Lipinski definition) is 2. The van der Waals surface area contributed by atoms with Crippen molar-refractivity contribution in [3.8, 4) is 0 Å². The monoisotopic (exact) mass is 329 g/mol. The zero-order chi connectivity index (χ0) is 15.2. The first kappa shape index (κ1) is 16.6. The lowest BCUT2D eigenvalue weighted by atomic mass is 9.99. The molecule has 2 rings (SSSR count). The maximum Gasteiger partial charge on any atom is 0.238 e. The van der Waals surface area contributed by atoms with Gasteiger partial charge in [0.15, 0.2) is 0 Å². The molecule has 0 aromatic heterocycles. The van der Waals surface area contributed by atoms with Crippen LogP contribution >= 0.6 is 23.2 Å². The van der Waals surface area contributed by atoms with Crippen LogP contribution in [0, 0.1) is 5.92 Å². The van der Waals surface area contributed by atoms with Crippen LogP contribution in [0.5, 0.6) is 0 Å². The number of amides is 1. The maximum absolute atomic E-state index is 12.1. The zero-order valence-corrected chi connectivity index (χ0v) is 13.7. The van der Waals surface area contributed by atoms with Gasteiger partial charge in [-0.2, -0.15) is 0 Å². The first-order valence-electron chi connectivity index (χ1n) is 7.19. The summed E-state index contributed by atoms with van der Waals surface area (Å²) in [6.07, 6.45) is 2.43. The number of piperidine rings is 1. The van der Waals surface area contributed by atoms with Gasteiger partial charge in [0.1, 0.15) is 0 Å². The summed E-state index contributed by atoms with van der Waals surface area (Å²) in [5, 5.41) is 7.02. The van der Waals surface area contributed by atoms with Crippen molar-refractivity contribution in [3.63, 3.8) is 0 Å². The van der Waals surface area contributed by atoms with Crippen molar-refractivity contribution >= 4 is 34.8 Å². The second kappa shape index (κ2) is 7.99. The number of nitrogens with one attached hydrogen (secondary N) is 2. The molecule has 21 heavy (non-hydrogen) atoms. The number of anilines is 1. The number of benzene rings is 1. The van der Waals surface area contributed by atoms with E-state index >= 15 is 0 Å². The SMILES string of the molecule is CN(CC(=O)Nc1cccc(Cl)c1Cl)CC1CCCNC1. The summed E-state index contributed by atoms with van der Waals surface area (Å²) in [6.45, 7) is 3.41. The standard InChI is InChI=1S/C15H21Cl2N3O/c1-20(9-11-4-3-7-18-8-11)10-14(21)19-13-6-2-5-12(16)15(13)17/h2,5-6,11,18H,3-4,7-10H2,1H3,(H,19,21). The van der Waals surface area contributed by atoms with E-state index in [1.807, 2.05) is 11.9 Å². The van der Waals surface area contributed by atoms with Crippen molar-refractivity contribution in [2.75, 3.05) is 38.5 Å². The molecule has 1 aromatic carbocycles. The summed E-state index contributed by atoms with van der Waals surface area (Å²) in [5.41, 5.74) is 0.557. The van der Waals surface area contributed by atoms with Gasteiger partial charge in [-0.1, -0.05) is 29.3 Å². The van der Waals surface area contributed by atoms with Crippen LogP contribution in [0.15, 0.2) is 18.2 Å². The molecule has 1 atom stereocenters. The van der Waals surface area contributed by atoms with Crippen molar-refractivity contribution in [1.29, 1.82) is 0 Å². The highest BCUT2D eigenvalue weighted by Crippen LogP contribution is 2.29. The van der Waals surface area contributed by atoms with E-state index < -0.39 is 0 Å². The molecule has 116 valence electrons. The summed E-state index contributed by atoms with van der Waals surface area (Å²) in [4.78, 5) is 14.1. The summed E-state index contributed by atoms with van der Waals surface area (Å²) < 4.78 is 0. The van der Waals surface area contributed by atoms with Crippen LogP contribution in [0.4, 0.5) is 5.69 Å². The number of rotatable bonds is 5. The fraction of sp³-hybridized carbons (Fsp3) is 0.533. The van der Waals surface area contributed by atoms with Gasteiger partial charge in [0.05, 0.1) is 22.3 Å². The number of nitrogens with zero attached hydrogens (tertiary/aromatic N) is 1. The Morgan fingerprint density at radius 2 is 2.29 bits per heavy atom.